The number of aromatic nitrogens is 2. The van der Waals surface area contributed by atoms with E-state index in [0.29, 0.717) is 42.6 Å². The van der Waals surface area contributed by atoms with Crippen LogP contribution in [0.4, 0.5) is 11.5 Å². The highest BCUT2D eigenvalue weighted by atomic mass is 35.5. The zero-order valence-electron chi connectivity index (χ0n) is 20.2. The Hall–Kier alpha value is -3.97. The number of hydrogen-bond acceptors (Lipinski definition) is 5. The van der Waals surface area contributed by atoms with E-state index in [0.717, 1.165) is 33.3 Å². The number of carbonyl (C=O) groups excluding carboxylic acids is 2. The van der Waals surface area contributed by atoms with Gasteiger partial charge in [0.05, 0.1) is 10.7 Å². The predicted octanol–water partition coefficient (Wildman–Crippen LogP) is 5.18. The summed E-state index contributed by atoms with van der Waals surface area (Å²) < 4.78 is 0. The van der Waals surface area contributed by atoms with E-state index in [1.165, 1.54) is 6.92 Å². The van der Waals surface area contributed by atoms with Gasteiger partial charge in [0.25, 0.3) is 5.91 Å². The van der Waals surface area contributed by atoms with Crippen LogP contribution in [0.25, 0.3) is 22.0 Å². The number of nitrogens with one attached hydrogen (secondary N) is 1. The van der Waals surface area contributed by atoms with E-state index in [1.807, 2.05) is 72.5 Å². The maximum atomic E-state index is 13.0. The van der Waals surface area contributed by atoms with Crippen LogP contribution in [-0.2, 0) is 4.79 Å². The first-order valence-electron chi connectivity index (χ1n) is 11.8. The minimum absolute atomic E-state index is 0.0664. The summed E-state index contributed by atoms with van der Waals surface area (Å²) in [5.41, 5.74) is 3.80. The summed E-state index contributed by atoms with van der Waals surface area (Å²) in [6.45, 7) is 5.98. The largest absolute Gasteiger partial charge is 0.351 e. The quantitative estimate of drug-likeness (QED) is 0.418. The summed E-state index contributed by atoms with van der Waals surface area (Å²) in [7, 11) is 0. The molecule has 0 spiro atoms. The number of amides is 2. The molecule has 1 aromatic heterocycles. The second-order valence-corrected chi connectivity index (χ2v) is 9.29. The molecule has 0 bridgehead atoms. The number of anilines is 2. The van der Waals surface area contributed by atoms with Crippen LogP contribution in [0.3, 0.4) is 0 Å². The Labute approximate surface area is 214 Å². The summed E-state index contributed by atoms with van der Waals surface area (Å²) in [5, 5.41) is 14.4. The Morgan fingerprint density at radius 1 is 0.889 bits per heavy atom. The van der Waals surface area contributed by atoms with Crippen LogP contribution < -0.4 is 10.2 Å². The van der Waals surface area contributed by atoms with E-state index in [4.69, 9.17) is 11.6 Å². The van der Waals surface area contributed by atoms with Crippen molar-refractivity contribution < 1.29 is 9.59 Å². The third kappa shape index (κ3) is 4.62. The van der Waals surface area contributed by atoms with E-state index in [1.54, 1.807) is 6.07 Å². The van der Waals surface area contributed by atoms with E-state index in [9.17, 15) is 9.59 Å². The number of halogens is 1. The van der Waals surface area contributed by atoms with Crippen LogP contribution >= 0.6 is 11.6 Å². The van der Waals surface area contributed by atoms with Gasteiger partial charge in [0, 0.05) is 55.0 Å². The molecule has 1 aliphatic rings. The molecule has 7 nitrogen and oxygen atoms in total. The number of piperazine rings is 1. The van der Waals surface area contributed by atoms with Crippen molar-refractivity contribution in [3.63, 3.8) is 0 Å². The Balaban J connectivity index is 1.42. The van der Waals surface area contributed by atoms with Crippen molar-refractivity contribution in [3.8, 4) is 11.3 Å². The third-order valence-corrected chi connectivity index (χ3v) is 6.79. The Bertz CT molecular complexity index is 1460. The van der Waals surface area contributed by atoms with Gasteiger partial charge in [-0.25, -0.2) is 0 Å². The highest BCUT2D eigenvalue weighted by molar-refractivity contribution is 6.33. The van der Waals surface area contributed by atoms with E-state index < -0.39 is 0 Å². The average Bonchev–Trinajstić information content (AvgIpc) is 2.89. The molecule has 8 heteroatoms. The first kappa shape index (κ1) is 23.8. The zero-order valence-corrected chi connectivity index (χ0v) is 20.9. The van der Waals surface area contributed by atoms with E-state index in [2.05, 4.69) is 20.4 Å². The molecule has 1 aliphatic heterocycles. The summed E-state index contributed by atoms with van der Waals surface area (Å²) in [4.78, 5) is 28.7. The van der Waals surface area contributed by atoms with Crippen molar-refractivity contribution in [2.45, 2.75) is 13.8 Å². The minimum atomic E-state index is -0.194. The highest BCUT2D eigenvalue weighted by Gasteiger charge is 2.25. The van der Waals surface area contributed by atoms with Crippen LogP contribution in [0.5, 0.6) is 0 Å². The lowest BCUT2D eigenvalue weighted by molar-refractivity contribution is -0.114. The Morgan fingerprint density at radius 3 is 2.31 bits per heavy atom. The molecule has 1 fully saturated rings. The standard InChI is InChI=1S/C28H26ClN5O2/c1-18-7-3-4-8-21(18)28(36)34-15-13-33(14-16-34)27-23-10-6-5-9-22(23)26(31-32-27)20-11-12-24(29)25(17-20)30-19(2)35/h3-12,17H,13-16H2,1-2H3,(H,30,35). The van der Waals surface area contributed by atoms with Crippen LogP contribution in [0.15, 0.2) is 66.7 Å². The van der Waals surface area contributed by atoms with Crippen molar-refractivity contribution >= 4 is 45.7 Å². The van der Waals surface area contributed by atoms with Crippen molar-refractivity contribution in [1.29, 1.82) is 0 Å². The molecule has 182 valence electrons. The summed E-state index contributed by atoms with van der Waals surface area (Å²) in [5.74, 6) is 0.672. The molecule has 0 unspecified atom stereocenters. The maximum Gasteiger partial charge on any atom is 0.254 e. The summed E-state index contributed by atoms with van der Waals surface area (Å²) in [6, 6.07) is 21.2. The van der Waals surface area contributed by atoms with Crippen LogP contribution in [0.2, 0.25) is 5.02 Å². The highest BCUT2D eigenvalue weighted by Crippen LogP contribution is 2.34. The smallest absolute Gasteiger partial charge is 0.254 e. The van der Waals surface area contributed by atoms with Gasteiger partial charge in [-0.05, 0) is 30.7 Å². The van der Waals surface area contributed by atoms with Crippen LogP contribution in [0.1, 0.15) is 22.8 Å². The number of carbonyl (C=O) groups is 2. The number of benzene rings is 3. The number of rotatable bonds is 4. The lowest BCUT2D eigenvalue weighted by Crippen LogP contribution is -2.49. The van der Waals surface area contributed by atoms with Gasteiger partial charge in [-0.3, -0.25) is 9.59 Å². The average molecular weight is 500 g/mol. The molecule has 0 atom stereocenters. The molecule has 3 aromatic carbocycles. The zero-order chi connectivity index (χ0) is 25.2. The minimum Gasteiger partial charge on any atom is -0.351 e. The van der Waals surface area contributed by atoms with Gasteiger partial charge >= 0.3 is 0 Å². The molecule has 1 N–H and O–H groups in total. The monoisotopic (exact) mass is 499 g/mol. The van der Waals surface area contributed by atoms with Gasteiger partial charge in [0.1, 0.15) is 5.69 Å². The van der Waals surface area contributed by atoms with Crippen molar-refractivity contribution in [3.05, 3.63) is 82.9 Å². The summed E-state index contributed by atoms with van der Waals surface area (Å²) >= 11 is 6.27. The number of nitrogens with zero attached hydrogens (tertiary/aromatic N) is 4. The molecule has 0 saturated carbocycles. The van der Waals surface area contributed by atoms with Gasteiger partial charge in [0.15, 0.2) is 5.82 Å². The topological polar surface area (TPSA) is 78.4 Å². The molecule has 2 heterocycles. The van der Waals surface area contributed by atoms with Crippen molar-refractivity contribution in [1.82, 2.24) is 15.1 Å². The number of hydrogen-bond donors (Lipinski definition) is 1. The molecule has 5 rings (SSSR count). The predicted molar refractivity (Wildman–Crippen MR) is 144 cm³/mol. The van der Waals surface area contributed by atoms with Crippen molar-refractivity contribution in [2.24, 2.45) is 0 Å². The van der Waals surface area contributed by atoms with Gasteiger partial charge in [-0.2, -0.15) is 0 Å². The van der Waals surface area contributed by atoms with E-state index in [-0.39, 0.29) is 11.8 Å². The van der Waals surface area contributed by atoms with Gasteiger partial charge in [-0.1, -0.05) is 60.1 Å². The second kappa shape index (κ2) is 9.95. The molecular weight excluding hydrogens is 474 g/mol. The van der Waals surface area contributed by atoms with Crippen LogP contribution in [0, 0.1) is 6.92 Å². The fraction of sp³-hybridized carbons (Fsp3) is 0.214. The second-order valence-electron chi connectivity index (χ2n) is 8.89. The maximum absolute atomic E-state index is 13.0. The Morgan fingerprint density at radius 2 is 1.58 bits per heavy atom. The third-order valence-electron chi connectivity index (χ3n) is 6.46. The SMILES string of the molecule is CC(=O)Nc1cc(-c2nnc(N3CCN(C(=O)c4ccccc4C)CC3)c3ccccc23)ccc1Cl. The molecule has 1 saturated heterocycles. The number of fused-ring (bicyclic) bond motifs is 1. The molecule has 2 amide bonds. The van der Waals surface area contributed by atoms with Gasteiger partial charge in [-0.15, -0.1) is 10.2 Å². The fourth-order valence-electron chi connectivity index (χ4n) is 4.60. The molecule has 36 heavy (non-hydrogen) atoms. The Kier molecular flexibility index (Phi) is 6.57. The first-order valence-corrected chi connectivity index (χ1v) is 12.2. The van der Waals surface area contributed by atoms with Crippen LogP contribution in [-0.4, -0.2) is 53.1 Å². The molecular formula is C28H26ClN5O2. The van der Waals surface area contributed by atoms with Gasteiger partial charge in [0.2, 0.25) is 5.91 Å². The lowest BCUT2D eigenvalue weighted by Gasteiger charge is -2.36. The first-order chi connectivity index (χ1) is 17.4. The lowest BCUT2D eigenvalue weighted by atomic mass is 10.0. The van der Waals surface area contributed by atoms with Gasteiger partial charge < -0.3 is 15.1 Å². The molecule has 0 radical (unpaired) electrons. The molecule has 0 aliphatic carbocycles. The number of aryl methyl sites for hydroxylation is 1. The summed E-state index contributed by atoms with van der Waals surface area (Å²) in [6.07, 6.45) is 0. The fourth-order valence-corrected chi connectivity index (χ4v) is 4.76. The van der Waals surface area contributed by atoms with Crippen molar-refractivity contribution in [2.75, 3.05) is 36.4 Å². The molecule has 4 aromatic rings. The van der Waals surface area contributed by atoms with E-state index >= 15 is 0 Å². The normalized spacial score (nSPS) is 13.6.